The van der Waals surface area contributed by atoms with E-state index in [-0.39, 0.29) is 0 Å². The standard InChI is InChI=1S/C21H32N4O2/c1-4-6-13-26-14-7-12-23-21(22-5-2)24-15-19-16-27-20(25-19)18-10-8-17(3)9-11-18/h8-11,16H,4-7,12-15H2,1-3H3,(H2,22,23,24). The highest BCUT2D eigenvalue weighted by Crippen LogP contribution is 2.19. The summed E-state index contributed by atoms with van der Waals surface area (Å²) in [6.45, 7) is 10.0. The van der Waals surface area contributed by atoms with Crippen LogP contribution in [0.1, 0.15) is 44.4 Å². The molecule has 0 saturated heterocycles. The number of aryl methyl sites for hydroxylation is 1. The molecule has 148 valence electrons. The van der Waals surface area contributed by atoms with Crippen molar-refractivity contribution < 1.29 is 9.15 Å². The van der Waals surface area contributed by atoms with Crippen LogP contribution in [-0.2, 0) is 11.3 Å². The second-order valence-electron chi connectivity index (χ2n) is 6.45. The number of unbranched alkanes of at least 4 members (excludes halogenated alkanes) is 1. The number of rotatable bonds is 11. The number of benzene rings is 1. The maximum Gasteiger partial charge on any atom is 0.226 e. The summed E-state index contributed by atoms with van der Waals surface area (Å²) >= 11 is 0. The average Bonchev–Trinajstić information content (AvgIpc) is 3.15. The lowest BCUT2D eigenvalue weighted by atomic mass is 10.1. The van der Waals surface area contributed by atoms with E-state index in [9.17, 15) is 0 Å². The number of aromatic nitrogens is 1. The maximum atomic E-state index is 5.59. The number of oxazole rings is 1. The van der Waals surface area contributed by atoms with E-state index in [1.807, 2.05) is 12.1 Å². The smallest absolute Gasteiger partial charge is 0.226 e. The second kappa shape index (κ2) is 12.1. The third-order valence-corrected chi connectivity index (χ3v) is 3.99. The lowest BCUT2D eigenvalue weighted by molar-refractivity contribution is 0.129. The summed E-state index contributed by atoms with van der Waals surface area (Å²) in [5, 5.41) is 6.58. The Kier molecular flexibility index (Phi) is 9.41. The summed E-state index contributed by atoms with van der Waals surface area (Å²) in [6, 6.07) is 8.14. The number of hydrogen-bond acceptors (Lipinski definition) is 4. The van der Waals surface area contributed by atoms with Crippen LogP contribution in [0, 0.1) is 6.92 Å². The third kappa shape index (κ3) is 7.83. The Bertz CT molecular complexity index is 680. The molecular formula is C21H32N4O2. The van der Waals surface area contributed by atoms with Crippen LogP contribution in [0.3, 0.4) is 0 Å². The van der Waals surface area contributed by atoms with Crippen molar-refractivity contribution in [2.75, 3.05) is 26.3 Å². The van der Waals surface area contributed by atoms with Crippen LogP contribution in [0.2, 0.25) is 0 Å². The summed E-state index contributed by atoms with van der Waals surface area (Å²) < 4.78 is 11.2. The molecule has 0 amide bonds. The molecule has 0 aliphatic heterocycles. The number of ether oxygens (including phenoxy) is 1. The van der Waals surface area contributed by atoms with Crippen LogP contribution >= 0.6 is 0 Å². The van der Waals surface area contributed by atoms with E-state index in [0.29, 0.717) is 12.4 Å². The van der Waals surface area contributed by atoms with Gasteiger partial charge in [-0.15, -0.1) is 0 Å². The monoisotopic (exact) mass is 372 g/mol. The van der Waals surface area contributed by atoms with Crippen LogP contribution in [-0.4, -0.2) is 37.2 Å². The van der Waals surface area contributed by atoms with Gasteiger partial charge in [0.25, 0.3) is 0 Å². The van der Waals surface area contributed by atoms with E-state index in [2.05, 4.69) is 53.5 Å². The fraction of sp³-hybridized carbons (Fsp3) is 0.524. The highest BCUT2D eigenvalue weighted by molar-refractivity contribution is 5.79. The first-order valence-electron chi connectivity index (χ1n) is 9.84. The zero-order chi connectivity index (χ0) is 19.3. The first-order chi connectivity index (χ1) is 13.2. The van der Waals surface area contributed by atoms with Crippen molar-refractivity contribution in [3.8, 4) is 11.5 Å². The van der Waals surface area contributed by atoms with E-state index in [0.717, 1.165) is 56.4 Å². The molecule has 0 saturated carbocycles. The van der Waals surface area contributed by atoms with E-state index in [1.54, 1.807) is 6.26 Å². The van der Waals surface area contributed by atoms with Gasteiger partial charge in [-0.25, -0.2) is 9.98 Å². The van der Waals surface area contributed by atoms with E-state index < -0.39 is 0 Å². The lowest BCUT2D eigenvalue weighted by Crippen LogP contribution is -2.38. The van der Waals surface area contributed by atoms with Crippen LogP contribution in [0.25, 0.3) is 11.5 Å². The third-order valence-electron chi connectivity index (χ3n) is 3.99. The van der Waals surface area contributed by atoms with Gasteiger partial charge in [-0.1, -0.05) is 31.0 Å². The fourth-order valence-corrected chi connectivity index (χ4v) is 2.44. The Balaban J connectivity index is 1.81. The number of hydrogen-bond donors (Lipinski definition) is 2. The van der Waals surface area contributed by atoms with Crippen molar-refractivity contribution in [1.82, 2.24) is 15.6 Å². The summed E-state index contributed by atoms with van der Waals surface area (Å²) in [5.74, 6) is 1.41. The predicted octanol–water partition coefficient (Wildman–Crippen LogP) is 3.91. The van der Waals surface area contributed by atoms with Gasteiger partial charge in [0.2, 0.25) is 5.89 Å². The molecule has 1 aromatic heterocycles. The summed E-state index contributed by atoms with van der Waals surface area (Å²) in [5.41, 5.74) is 3.00. The maximum absolute atomic E-state index is 5.59. The van der Waals surface area contributed by atoms with Crippen LogP contribution < -0.4 is 10.6 Å². The molecule has 0 atom stereocenters. The molecule has 0 spiro atoms. The van der Waals surface area contributed by atoms with Crippen molar-refractivity contribution in [1.29, 1.82) is 0 Å². The van der Waals surface area contributed by atoms with Gasteiger partial charge in [-0.3, -0.25) is 0 Å². The van der Waals surface area contributed by atoms with Gasteiger partial charge in [-0.05, 0) is 38.8 Å². The minimum Gasteiger partial charge on any atom is -0.444 e. The number of aliphatic imine (C=N–C) groups is 1. The molecule has 2 aromatic rings. The molecule has 6 heteroatoms. The average molecular weight is 373 g/mol. The van der Waals surface area contributed by atoms with Gasteiger partial charge in [0, 0.05) is 31.9 Å². The Hall–Kier alpha value is -2.34. The van der Waals surface area contributed by atoms with Gasteiger partial charge < -0.3 is 19.8 Å². The van der Waals surface area contributed by atoms with E-state index in [4.69, 9.17) is 9.15 Å². The minimum absolute atomic E-state index is 0.470. The zero-order valence-electron chi connectivity index (χ0n) is 16.8. The molecule has 1 aromatic carbocycles. The molecule has 0 aliphatic carbocycles. The van der Waals surface area contributed by atoms with Crippen molar-refractivity contribution in [3.63, 3.8) is 0 Å². The molecule has 2 N–H and O–H groups in total. The van der Waals surface area contributed by atoms with E-state index in [1.165, 1.54) is 12.0 Å². The zero-order valence-corrected chi connectivity index (χ0v) is 16.8. The van der Waals surface area contributed by atoms with Gasteiger partial charge in [0.15, 0.2) is 5.96 Å². The molecule has 0 fully saturated rings. The fourth-order valence-electron chi connectivity index (χ4n) is 2.44. The normalized spacial score (nSPS) is 11.6. The number of guanidine groups is 1. The molecule has 27 heavy (non-hydrogen) atoms. The summed E-state index contributed by atoms with van der Waals surface area (Å²) in [6.07, 6.45) is 4.92. The van der Waals surface area contributed by atoms with Crippen molar-refractivity contribution >= 4 is 5.96 Å². The van der Waals surface area contributed by atoms with Gasteiger partial charge in [-0.2, -0.15) is 0 Å². The lowest BCUT2D eigenvalue weighted by Gasteiger charge is -2.11. The van der Waals surface area contributed by atoms with Crippen LogP contribution in [0.4, 0.5) is 0 Å². The van der Waals surface area contributed by atoms with Crippen molar-refractivity contribution in [2.24, 2.45) is 4.99 Å². The molecule has 2 rings (SSSR count). The topological polar surface area (TPSA) is 71.7 Å². The quantitative estimate of drug-likeness (QED) is 0.355. The van der Waals surface area contributed by atoms with Crippen molar-refractivity contribution in [3.05, 3.63) is 41.8 Å². The largest absolute Gasteiger partial charge is 0.444 e. The minimum atomic E-state index is 0.470. The Morgan fingerprint density at radius 1 is 1.11 bits per heavy atom. The van der Waals surface area contributed by atoms with Crippen molar-refractivity contribution in [2.45, 2.75) is 46.6 Å². The molecular weight excluding hydrogens is 340 g/mol. The molecule has 0 bridgehead atoms. The summed E-state index contributed by atoms with van der Waals surface area (Å²) in [7, 11) is 0. The Labute approximate surface area is 162 Å². The van der Waals surface area contributed by atoms with Crippen LogP contribution in [0.5, 0.6) is 0 Å². The first kappa shape index (κ1) is 21.0. The van der Waals surface area contributed by atoms with E-state index >= 15 is 0 Å². The SMILES string of the molecule is CCCCOCCCNC(=NCc1coc(-c2ccc(C)cc2)n1)NCC. The molecule has 0 unspecified atom stereocenters. The number of nitrogens with zero attached hydrogens (tertiary/aromatic N) is 2. The number of nitrogens with one attached hydrogen (secondary N) is 2. The van der Waals surface area contributed by atoms with Gasteiger partial charge >= 0.3 is 0 Å². The van der Waals surface area contributed by atoms with Gasteiger partial charge in [0.1, 0.15) is 12.0 Å². The molecule has 1 heterocycles. The predicted molar refractivity (Wildman–Crippen MR) is 110 cm³/mol. The highest BCUT2D eigenvalue weighted by atomic mass is 16.5. The first-order valence-corrected chi connectivity index (χ1v) is 9.84. The van der Waals surface area contributed by atoms with Crippen LogP contribution in [0.15, 0.2) is 39.9 Å². The molecule has 6 nitrogen and oxygen atoms in total. The molecule has 0 radical (unpaired) electrons. The summed E-state index contributed by atoms with van der Waals surface area (Å²) in [4.78, 5) is 9.11. The van der Waals surface area contributed by atoms with Gasteiger partial charge in [0.05, 0.1) is 6.54 Å². The second-order valence-corrected chi connectivity index (χ2v) is 6.45. The Morgan fingerprint density at radius 3 is 2.63 bits per heavy atom. The highest BCUT2D eigenvalue weighted by Gasteiger charge is 2.06. The molecule has 0 aliphatic rings. The Morgan fingerprint density at radius 2 is 1.89 bits per heavy atom.